The Hall–Kier alpha value is -2.05. The zero-order valence-corrected chi connectivity index (χ0v) is 26.5. The molecular formula is C30H42N4O4S3. The van der Waals surface area contributed by atoms with Crippen molar-refractivity contribution in [2.45, 2.75) is 48.3 Å². The number of rotatable bonds is 12. The van der Waals surface area contributed by atoms with E-state index in [0.717, 1.165) is 24.0 Å². The Morgan fingerprint density at radius 2 is 1.12 bits per heavy atom. The molecule has 0 aliphatic carbocycles. The van der Waals surface area contributed by atoms with Gasteiger partial charge in [0.25, 0.3) is 10.2 Å². The number of nitrogens with zero attached hydrogens (tertiary/aromatic N) is 2. The van der Waals surface area contributed by atoms with Crippen LogP contribution in [-0.4, -0.2) is 80.6 Å². The van der Waals surface area contributed by atoms with Gasteiger partial charge in [0.2, 0.25) is 11.8 Å². The molecule has 2 N–H and O–H groups in total. The summed E-state index contributed by atoms with van der Waals surface area (Å²) in [4.78, 5) is 28.2. The third-order valence-electron chi connectivity index (χ3n) is 7.91. The van der Waals surface area contributed by atoms with Crippen LogP contribution >= 0.6 is 23.5 Å². The van der Waals surface area contributed by atoms with E-state index in [9.17, 15) is 18.0 Å². The summed E-state index contributed by atoms with van der Waals surface area (Å²) in [5.41, 5.74) is 2.31. The van der Waals surface area contributed by atoms with Crippen molar-refractivity contribution in [3.63, 3.8) is 0 Å². The largest absolute Gasteiger partial charge is 0.355 e. The Morgan fingerprint density at radius 1 is 0.732 bits per heavy atom. The minimum Gasteiger partial charge on any atom is -0.355 e. The quantitative estimate of drug-likeness (QED) is 0.351. The molecule has 0 bridgehead atoms. The molecule has 2 aromatic rings. The molecule has 2 aliphatic heterocycles. The zero-order chi connectivity index (χ0) is 29.2. The van der Waals surface area contributed by atoms with Gasteiger partial charge in [-0.25, -0.2) is 0 Å². The number of benzene rings is 2. The lowest BCUT2D eigenvalue weighted by molar-refractivity contribution is -0.126. The number of amides is 2. The van der Waals surface area contributed by atoms with Gasteiger partial charge in [-0.3, -0.25) is 9.59 Å². The molecule has 0 spiro atoms. The minimum absolute atomic E-state index is 0.0929. The second-order valence-electron chi connectivity index (χ2n) is 10.7. The molecule has 2 amide bonds. The van der Waals surface area contributed by atoms with Crippen LogP contribution in [0.15, 0.2) is 58.3 Å². The van der Waals surface area contributed by atoms with Crippen molar-refractivity contribution in [3.8, 4) is 0 Å². The fraction of sp³-hybridized carbons (Fsp3) is 0.533. The van der Waals surface area contributed by atoms with E-state index in [4.69, 9.17) is 0 Å². The lowest BCUT2D eigenvalue weighted by Gasteiger charge is -2.38. The summed E-state index contributed by atoms with van der Waals surface area (Å²) in [5.74, 6) is -0.924. The monoisotopic (exact) mass is 618 g/mol. The maximum absolute atomic E-state index is 13.6. The van der Waals surface area contributed by atoms with Crippen molar-refractivity contribution in [2.24, 2.45) is 11.8 Å². The molecule has 2 saturated heterocycles. The maximum Gasteiger partial charge on any atom is 0.282 e. The average molecular weight is 619 g/mol. The molecule has 2 aromatic carbocycles. The van der Waals surface area contributed by atoms with Crippen LogP contribution < -0.4 is 10.6 Å². The lowest BCUT2D eigenvalue weighted by Crippen LogP contribution is -2.54. The van der Waals surface area contributed by atoms with Gasteiger partial charge in [0, 0.05) is 49.1 Å². The maximum atomic E-state index is 13.6. The second kappa shape index (κ2) is 15.4. The topological polar surface area (TPSA) is 98.8 Å². The van der Waals surface area contributed by atoms with Crippen LogP contribution in [0.25, 0.3) is 0 Å². The summed E-state index contributed by atoms with van der Waals surface area (Å²) >= 11 is 3.39. The highest BCUT2D eigenvalue weighted by Crippen LogP contribution is 2.26. The van der Waals surface area contributed by atoms with Gasteiger partial charge in [-0.15, -0.1) is 23.5 Å². The molecule has 41 heavy (non-hydrogen) atoms. The molecule has 11 heteroatoms. The highest BCUT2D eigenvalue weighted by Gasteiger charge is 2.39. The number of carbonyl (C=O) groups excluding carboxylic acids is 2. The van der Waals surface area contributed by atoms with Crippen molar-refractivity contribution in [1.82, 2.24) is 19.2 Å². The first-order chi connectivity index (χ1) is 19.8. The first kappa shape index (κ1) is 31.9. The van der Waals surface area contributed by atoms with Crippen LogP contribution in [0.4, 0.5) is 0 Å². The summed E-state index contributed by atoms with van der Waals surface area (Å²) in [6.07, 6.45) is 8.17. The van der Waals surface area contributed by atoms with Crippen LogP contribution in [0.3, 0.4) is 0 Å². The summed E-state index contributed by atoms with van der Waals surface area (Å²) in [7, 11) is -3.76. The molecule has 2 aliphatic rings. The Bertz CT molecular complexity index is 1160. The first-order valence-electron chi connectivity index (χ1n) is 14.4. The third-order valence-corrected chi connectivity index (χ3v) is 11.4. The van der Waals surface area contributed by atoms with Crippen LogP contribution in [0.5, 0.6) is 0 Å². The number of piperidine rings is 2. The number of thioether (sulfide) groups is 2. The van der Waals surface area contributed by atoms with E-state index in [1.165, 1.54) is 18.4 Å². The summed E-state index contributed by atoms with van der Waals surface area (Å²) in [5, 5.41) is 6.01. The fourth-order valence-electron chi connectivity index (χ4n) is 5.43. The van der Waals surface area contributed by atoms with E-state index in [0.29, 0.717) is 51.9 Å². The van der Waals surface area contributed by atoms with Gasteiger partial charge in [-0.2, -0.15) is 17.0 Å². The Balaban J connectivity index is 1.24. The van der Waals surface area contributed by atoms with Crippen LogP contribution in [0.2, 0.25) is 0 Å². The second-order valence-corrected chi connectivity index (χ2v) is 14.4. The predicted molar refractivity (Wildman–Crippen MR) is 167 cm³/mol. The first-order valence-corrected chi connectivity index (χ1v) is 18.2. The van der Waals surface area contributed by atoms with E-state index in [1.807, 2.05) is 12.5 Å². The molecule has 0 saturated carbocycles. The van der Waals surface area contributed by atoms with Crippen molar-refractivity contribution < 1.29 is 18.0 Å². The number of carbonyl (C=O) groups is 2. The van der Waals surface area contributed by atoms with Crippen LogP contribution in [-0.2, 0) is 32.6 Å². The van der Waals surface area contributed by atoms with Crippen molar-refractivity contribution in [3.05, 3.63) is 59.7 Å². The molecule has 0 aromatic heterocycles. The highest BCUT2D eigenvalue weighted by atomic mass is 32.2. The summed E-state index contributed by atoms with van der Waals surface area (Å²) in [6, 6.07) is 16.6. The van der Waals surface area contributed by atoms with Gasteiger partial charge in [-0.05, 0) is 86.4 Å². The number of hydrogen-bond acceptors (Lipinski definition) is 6. The van der Waals surface area contributed by atoms with Gasteiger partial charge >= 0.3 is 0 Å². The zero-order valence-electron chi connectivity index (χ0n) is 24.0. The molecule has 2 atom stereocenters. The highest BCUT2D eigenvalue weighted by molar-refractivity contribution is 7.98. The average Bonchev–Trinajstić information content (AvgIpc) is 3.01. The standard InChI is InChI=1S/C30H42N4O4S3/c1-39-27-11-7-23(8-12-27)15-17-31-29(35)25-5-3-19-33(21-25)41(37,38)34-20-4-6-26(22-34)30(36)32-18-16-24-9-13-28(40-2)14-10-24/h7-14,25-26H,3-6,15-22H2,1-2H3,(H,31,35)(H,32,36)/t25-,26+. The smallest absolute Gasteiger partial charge is 0.282 e. The number of nitrogens with one attached hydrogen (secondary N) is 2. The Labute approximate surface area is 253 Å². The van der Waals surface area contributed by atoms with E-state index in [-0.39, 0.29) is 36.7 Å². The van der Waals surface area contributed by atoms with E-state index in [2.05, 4.69) is 59.2 Å². The van der Waals surface area contributed by atoms with Gasteiger partial charge in [-0.1, -0.05) is 24.3 Å². The minimum atomic E-state index is -3.76. The van der Waals surface area contributed by atoms with Crippen LogP contribution in [0.1, 0.15) is 36.8 Å². The number of hydrogen-bond donors (Lipinski definition) is 2. The summed E-state index contributed by atoms with van der Waals surface area (Å²) in [6.45, 7) is 2.20. The molecule has 2 fully saturated rings. The van der Waals surface area contributed by atoms with Crippen molar-refractivity contribution in [2.75, 3.05) is 51.8 Å². The van der Waals surface area contributed by atoms with Crippen molar-refractivity contribution >= 4 is 45.5 Å². The van der Waals surface area contributed by atoms with E-state index >= 15 is 0 Å². The van der Waals surface area contributed by atoms with E-state index in [1.54, 1.807) is 23.5 Å². The lowest BCUT2D eigenvalue weighted by atomic mass is 9.98. The Kier molecular flexibility index (Phi) is 12.0. The molecular weight excluding hydrogens is 577 g/mol. The molecule has 8 nitrogen and oxygen atoms in total. The molecule has 0 radical (unpaired) electrons. The molecule has 0 unspecified atom stereocenters. The van der Waals surface area contributed by atoms with Gasteiger partial charge in [0.1, 0.15) is 0 Å². The molecule has 224 valence electrons. The van der Waals surface area contributed by atoms with Gasteiger partial charge in [0.15, 0.2) is 0 Å². The van der Waals surface area contributed by atoms with E-state index < -0.39 is 10.2 Å². The van der Waals surface area contributed by atoms with Crippen molar-refractivity contribution in [1.29, 1.82) is 0 Å². The molecule has 2 heterocycles. The third kappa shape index (κ3) is 8.97. The normalized spacial score (nSPS) is 20.4. The van der Waals surface area contributed by atoms with Crippen LogP contribution in [0, 0.1) is 11.8 Å². The SMILES string of the molecule is CSc1ccc(CCNC(=O)[C@@H]2CCCN(S(=O)(=O)N3CCC[C@H](C(=O)NCCc4ccc(SC)cc4)C3)C2)cc1. The Morgan fingerprint density at radius 3 is 1.49 bits per heavy atom. The predicted octanol–water partition coefficient (Wildman–Crippen LogP) is 3.82. The fourth-order valence-corrected chi connectivity index (χ4v) is 8.03. The van der Waals surface area contributed by atoms with Gasteiger partial charge < -0.3 is 10.6 Å². The molecule has 4 rings (SSSR count). The van der Waals surface area contributed by atoms with Gasteiger partial charge in [0.05, 0.1) is 11.8 Å². The summed E-state index contributed by atoms with van der Waals surface area (Å²) < 4.78 is 30.0.